The van der Waals surface area contributed by atoms with Crippen LogP contribution in [0, 0.1) is 5.82 Å². The van der Waals surface area contributed by atoms with Crippen molar-refractivity contribution in [3.8, 4) is 5.75 Å². The Morgan fingerprint density at radius 1 is 1.60 bits per heavy atom. The molecule has 0 saturated heterocycles. The number of carboxylic acid groups (broad SMARTS) is 1. The zero-order valence-corrected chi connectivity index (χ0v) is 8.75. The normalized spacial score (nSPS) is 12.5. The minimum absolute atomic E-state index is 0.0678. The minimum Gasteiger partial charge on any atom is -0.508 e. The predicted molar refractivity (Wildman–Crippen MR) is 53.7 cm³/mol. The standard InChI is InChI=1S/C10H10ClFO3/c1-2-6(10(14)15)9-7(11)3-5(13)4-8(9)12/h3-4,6,13H,2H2,1H3,(H,14,15). The predicted octanol–water partition coefficient (Wildman–Crippen LogP) is 2.76. The molecule has 0 aromatic heterocycles. The third-order valence-electron chi connectivity index (χ3n) is 2.12. The lowest BCUT2D eigenvalue weighted by atomic mass is 9.96. The van der Waals surface area contributed by atoms with E-state index in [0.717, 1.165) is 12.1 Å². The summed E-state index contributed by atoms with van der Waals surface area (Å²) in [6, 6.07) is 1.98. The van der Waals surface area contributed by atoms with Gasteiger partial charge in [-0.15, -0.1) is 0 Å². The van der Waals surface area contributed by atoms with E-state index in [0.29, 0.717) is 0 Å². The third kappa shape index (κ3) is 2.39. The summed E-state index contributed by atoms with van der Waals surface area (Å²) in [4.78, 5) is 10.8. The molecule has 0 radical (unpaired) electrons. The number of rotatable bonds is 3. The van der Waals surface area contributed by atoms with Crippen LogP contribution in [0.5, 0.6) is 5.75 Å². The first-order valence-corrected chi connectivity index (χ1v) is 4.75. The fourth-order valence-electron chi connectivity index (χ4n) is 1.41. The first-order chi connectivity index (χ1) is 6.97. The fraction of sp³-hybridized carbons (Fsp3) is 0.300. The SMILES string of the molecule is CCC(C(=O)O)c1c(F)cc(O)cc1Cl. The molecule has 0 spiro atoms. The van der Waals surface area contributed by atoms with Gasteiger partial charge in [-0.25, -0.2) is 4.39 Å². The molecule has 1 aromatic carbocycles. The number of phenols is 1. The summed E-state index contributed by atoms with van der Waals surface area (Å²) in [7, 11) is 0. The van der Waals surface area contributed by atoms with E-state index in [2.05, 4.69) is 0 Å². The Balaban J connectivity index is 3.29. The quantitative estimate of drug-likeness (QED) is 0.843. The Bertz CT molecular complexity index is 369. The van der Waals surface area contributed by atoms with Gasteiger partial charge in [-0.3, -0.25) is 4.79 Å². The smallest absolute Gasteiger partial charge is 0.311 e. The first-order valence-electron chi connectivity index (χ1n) is 4.38. The lowest BCUT2D eigenvalue weighted by Crippen LogP contribution is -2.12. The zero-order valence-electron chi connectivity index (χ0n) is 8.00. The molecule has 5 heteroatoms. The topological polar surface area (TPSA) is 57.5 Å². The molecule has 3 nitrogen and oxygen atoms in total. The van der Waals surface area contributed by atoms with E-state index < -0.39 is 17.7 Å². The van der Waals surface area contributed by atoms with Crippen molar-refractivity contribution in [3.05, 3.63) is 28.5 Å². The zero-order chi connectivity index (χ0) is 11.6. The second kappa shape index (κ2) is 4.49. The molecule has 15 heavy (non-hydrogen) atoms. The van der Waals surface area contributed by atoms with Crippen LogP contribution in [0.1, 0.15) is 24.8 Å². The lowest BCUT2D eigenvalue weighted by Gasteiger charge is -2.13. The summed E-state index contributed by atoms with van der Waals surface area (Å²) in [5.41, 5.74) is -0.0792. The average molecular weight is 233 g/mol. The highest BCUT2D eigenvalue weighted by atomic mass is 35.5. The van der Waals surface area contributed by atoms with Gasteiger partial charge in [0.1, 0.15) is 11.6 Å². The maximum absolute atomic E-state index is 13.4. The van der Waals surface area contributed by atoms with Gasteiger partial charge < -0.3 is 10.2 Å². The number of carbonyl (C=O) groups is 1. The number of phenolic OH excluding ortho intramolecular Hbond substituents is 1. The molecule has 0 saturated carbocycles. The van der Waals surface area contributed by atoms with E-state index in [1.54, 1.807) is 6.92 Å². The van der Waals surface area contributed by atoms with Gasteiger partial charge in [0, 0.05) is 11.6 Å². The van der Waals surface area contributed by atoms with Crippen molar-refractivity contribution >= 4 is 17.6 Å². The van der Waals surface area contributed by atoms with E-state index >= 15 is 0 Å². The monoisotopic (exact) mass is 232 g/mol. The number of aliphatic carboxylic acids is 1. The summed E-state index contributed by atoms with van der Waals surface area (Å²) in [6.45, 7) is 1.63. The molecule has 2 N–H and O–H groups in total. The van der Waals surface area contributed by atoms with Crippen LogP contribution in [0.15, 0.2) is 12.1 Å². The minimum atomic E-state index is -1.14. The molecule has 0 heterocycles. The van der Waals surface area contributed by atoms with E-state index in [4.69, 9.17) is 21.8 Å². The van der Waals surface area contributed by atoms with E-state index in [-0.39, 0.29) is 22.8 Å². The summed E-state index contributed by atoms with van der Waals surface area (Å²) >= 11 is 5.69. The van der Waals surface area contributed by atoms with Crippen LogP contribution in [0.25, 0.3) is 0 Å². The second-order valence-corrected chi connectivity index (χ2v) is 3.53. The molecule has 1 unspecified atom stereocenters. The van der Waals surface area contributed by atoms with Crippen LogP contribution in [-0.4, -0.2) is 16.2 Å². The van der Waals surface area contributed by atoms with Crippen LogP contribution in [0.3, 0.4) is 0 Å². The maximum atomic E-state index is 13.4. The number of aromatic hydroxyl groups is 1. The molecular formula is C10H10ClFO3. The summed E-state index contributed by atoms with van der Waals surface area (Å²) in [6.07, 6.45) is 0.233. The van der Waals surface area contributed by atoms with Crippen molar-refractivity contribution in [2.75, 3.05) is 0 Å². The second-order valence-electron chi connectivity index (χ2n) is 3.12. The molecule has 0 bridgehead atoms. The fourth-order valence-corrected chi connectivity index (χ4v) is 1.74. The number of halogens is 2. The van der Waals surface area contributed by atoms with E-state index in [9.17, 15) is 9.18 Å². The van der Waals surface area contributed by atoms with Crippen molar-refractivity contribution in [1.29, 1.82) is 0 Å². The van der Waals surface area contributed by atoms with Gasteiger partial charge in [0.25, 0.3) is 0 Å². The average Bonchev–Trinajstić information content (AvgIpc) is 2.09. The van der Waals surface area contributed by atoms with Crippen LogP contribution >= 0.6 is 11.6 Å². The van der Waals surface area contributed by atoms with Crippen molar-refractivity contribution in [2.24, 2.45) is 0 Å². The molecule has 82 valence electrons. The molecule has 0 fully saturated rings. The Kier molecular flexibility index (Phi) is 3.52. The van der Waals surface area contributed by atoms with Crippen LogP contribution in [0.4, 0.5) is 4.39 Å². The van der Waals surface area contributed by atoms with Crippen molar-refractivity contribution in [2.45, 2.75) is 19.3 Å². The summed E-state index contributed by atoms with van der Waals surface area (Å²) < 4.78 is 13.4. The molecule has 1 aromatic rings. The molecule has 0 aliphatic carbocycles. The number of benzene rings is 1. The largest absolute Gasteiger partial charge is 0.508 e. The number of hydrogen-bond acceptors (Lipinski definition) is 2. The molecule has 0 amide bonds. The van der Waals surface area contributed by atoms with E-state index in [1.807, 2.05) is 0 Å². The molecule has 0 aliphatic rings. The Morgan fingerprint density at radius 3 is 2.60 bits per heavy atom. The third-order valence-corrected chi connectivity index (χ3v) is 2.43. The lowest BCUT2D eigenvalue weighted by molar-refractivity contribution is -0.138. The van der Waals surface area contributed by atoms with Crippen LogP contribution in [0.2, 0.25) is 5.02 Å². The van der Waals surface area contributed by atoms with Gasteiger partial charge in [-0.05, 0) is 12.5 Å². The van der Waals surface area contributed by atoms with Gasteiger partial charge in [-0.1, -0.05) is 18.5 Å². The van der Waals surface area contributed by atoms with Gasteiger partial charge in [0.2, 0.25) is 0 Å². The summed E-state index contributed by atoms with van der Waals surface area (Å²) in [5, 5.41) is 17.8. The Labute approximate surface area is 91.1 Å². The number of hydrogen-bond donors (Lipinski definition) is 2. The Morgan fingerprint density at radius 2 is 2.20 bits per heavy atom. The highest BCUT2D eigenvalue weighted by Crippen LogP contribution is 2.32. The van der Waals surface area contributed by atoms with E-state index in [1.165, 1.54) is 0 Å². The summed E-state index contributed by atoms with van der Waals surface area (Å²) in [5.74, 6) is -3.24. The highest BCUT2D eigenvalue weighted by Gasteiger charge is 2.24. The molecule has 1 atom stereocenters. The van der Waals surface area contributed by atoms with Crippen molar-refractivity contribution in [1.82, 2.24) is 0 Å². The van der Waals surface area contributed by atoms with Gasteiger partial charge in [0.15, 0.2) is 0 Å². The van der Waals surface area contributed by atoms with Crippen LogP contribution < -0.4 is 0 Å². The van der Waals surface area contributed by atoms with Gasteiger partial charge in [-0.2, -0.15) is 0 Å². The van der Waals surface area contributed by atoms with Crippen molar-refractivity contribution in [3.63, 3.8) is 0 Å². The van der Waals surface area contributed by atoms with Crippen LogP contribution in [-0.2, 0) is 4.79 Å². The highest BCUT2D eigenvalue weighted by molar-refractivity contribution is 6.31. The van der Waals surface area contributed by atoms with Crippen molar-refractivity contribution < 1.29 is 19.4 Å². The van der Waals surface area contributed by atoms with Gasteiger partial charge in [0.05, 0.1) is 10.9 Å². The molecule has 1 rings (SSSR count). The Hall–Kier alpha value is -1.29. The van der Waals surface area contributed by atoms with Gasteiger partial charge >= 0.3 is 5.97 Å². The molecular weight excluding hydrogens is 223 g/mol. The maximum Gasteiger partial charge on any atom is 0.311 e. The molecule has 0 aliphatic heterocycles. The first kappa shape index (κ1) is 11.8. The number of carboxylic acids is 1.